The summed E-state index contributed by atoms with van der Waals surface area (Å²) >= 11 is 0. The van der Waals surface area contributed by atoms with Gasteiger partial charge in [0.15, 0.2) is 6.61 Å². The molecule has 2 amide bonds. The zero-order chi connectivity index (χ0) is 26.2. The summed E-state index contributed by atoms with van der Waals surface area (Å²) in [6.45, 7) is 6.96. The van der Waals surface area contributed by atoms with E-state index in [4.69, 9.17) is 9.15 Å². The number of hydrogen-bond donors (Lipinski definition) is 2. The highest BCUT2D eigenvalue weighted by Crippen LogP contribution is 2.27. The third-order valence-corrected chi connectivity index (χ3v) is 5.88. The molecule has 3 aromatic rings. The number of carbonyl (C=O) groups excluding carboxylic acids is 3. The molecule has 9 heteroatoms. The Morgan fingerprint density at radius 1 is 1.08 bits per heavy atom. The van der Waals surface area contributed by atoms with Crippen molar-refractivity contribution in [2.24, 2.45) is 5.92 Å². The zero-order valence-corrected chi connectivity index (χ0v) is 20.8. The molecule has 0 aliphatic rings. The minimum absolute atomic E-state index is 0.125. The highest BCUT2D eigenvalue weighted by molar-refractivity contribution is 5.94. The summed E-state index contributed by atoms with van der Waals surface area (Å²) in [6.07, 6.45) is 1.67. The summed E-state index contributed by atoms with van der Waals surface area (Å²) in [6, 6.07) is 14.0. The van der Waals surface area contributed by atoms with Gasteiger partial charge in [-0.25, -0.2) is 4.79 Å². The lowest BCUT2D eigenvalue weighted by molar-refractivity contribution is -0.151. The van der Waals surface area contributed by atoms with Crippen LogP contribution in [0.15, 0.2) is 53.1 Å². The van der Waals surface area contributed by atoms with Crippen molar-refractivity contribution in [3.8, 4) is 6.07 Å². The van der Waals surface area contributed by atoms with E-state index in [-0.39, 0.29) is 18.2 Å². The fourth-order valence-electron chi connectivity index (χ4n) is 3.78. The van der Waals surface area contributed by atoms with Crippen molar-refractivity contribution in [2.75, 3.05) is 11.9 Å². The number of esters is 1. The number of nitrogens with one attached hydrogen (secondary N) is 2. The summed E-state index contributed by atoms with van der Waals surface area (Å²) in [5.41, 5.74) is 2.68. The third kappa shape index (κ3) is 6.42. The van der Waals surface area contributed by atoms with E-state index in [1.165, 1.54) is 0 Å². The Morgan fingerprint density at radius 3 is 2.42 bits per heavy atom. The minimum Gasteiger partial charge on any atom is -0.467 e. The van der Waals surface area contributed by atoms with Gasteiger partial charge in [-0.2, -0.15) is 5.26 Å². The summed E-state index contributed by atoms with van der Waals surface area (Å²) in [5.74, 6) is -0.911. The van der Waals surface area contributed by atoms with Crippen LogP contribution in [0.3, 0.4) is 0 Å². The molecule has 2 N–H and O–H groups in total. The number of benzene rings is 1. The Hall–Kier alpha value is -4.32. The van der Waals surface area contributed by atoms with E-state index >= 15 is 0 Å². The first-order valence-corrected chi connectivity index (χ1v) is 11.6. The molecule has 1 atom stereocenters. The molecular weight excluding hydrogens is 460 g/mol. The van der Waals surface area contributed by atoms with Crippen molar-refractivity contribution in [3.05, 3.63) is 76.9 Å². The lowest BCUT2D eigenvalue weighted by atomic mass is 10.0. The maximum Gasteiger partial charge on any atom is 0.329 e. The summed E-state index contributed by atoms with van der Waals surface area (Å²) in [4.78, 5) is 37.8. The minimum atomic E-state index is -0.906. The van der Waals surface area contributed by atoms with Gasteiger partial charge in [-0.3, -0.25) is 9.59 Å². The molecule has 36 heavy (non-hydrogen) atoms. The van der Waals surface area contributed by atoms with Crippen LogP contribution >= 0.6 is 0 Å². The summed E-state index contributed by atoms with van der Waals surface area (Å²) in [7, 11) is 0. The van der Waals surface area contributed by atoms with E-state index in [9.17, 15) is 19.6 Å². The molecule has 0 fully saturated rings. The quantitative estimate of drug-likeness (QED) is 0.419. The van der Waals surface area contributed by atoms with Crippen molar-refractivity contribution >= 4 is 23.6 Å². The number of hydrogen-bond acceptors (Lipinski definition) is 6. The molecule has 0 saturated carbocycles. The first kappa shape index (κ1) is 26.3. The fourth-order valence-corrected chi connectivity index (χ4v) is 3.78. The van der Waals surface area contributed by atoms with Crippen LogP contribution < -0.4 is 10.6 Å². The predicted molar refractivity (Wildman–Crippen MR) is 133 cm³/mol. The molecule has 1 aromatic carbocycles. The average Bonchev–Trinajstić information content (AvgIpc) is 3.44. The normalized spacial score (nSPS) is 11.6. The van der Waals surface area contributed by atoms with Gasteiger partial charge in [-0.1, -0.05) is 44.2 Å². The van der Waals surface area contributed by atoms with Crippen molar-refractivity contribution in [1.29, 1.82) is 5.26 Å². The van der Waals surface area contributed by atoms with Crippen LogP contribution in [0.2, 0.25) is 0 Å². The molecule has 0 bridgehead atoms. The largest absolute Gasteiger partial charge is 0.467 e. The number of amides is 2. The molecule has 0 radical (unpaired) electrons. The number of ether oxygens (including phenoxy) is 1. The van der Waals surface area contributed by atoms with Crippen LogP contribution in [-0.4, -0.2) is 35.0 Å². The second-order valence-corrected chi connectivity index (χ2v) is 8.82. The van der Waals surface area contributed by atoms with E-state index in [2.05, 4.69) is 16.7 Å². The van der Waals surface area contributed by atoms with Crippen LogP contribution in [0, 0.1) is 31.1 Å². The SMILES string of the molecule is Cc1c(C#N)c(NC(=O)COC(=O)[C@@H](NC(=O)Cc2ccccc2)C(C)C)n(Cc2ccco2)c1C. The Bertz CT molecular complexity index is 1250. The molecule has 3 rings (SSSR count). The maximum absolute atomic E-state index is 12.7. The van der Waals surface area contributed by atoms with Crippen molar-refractivity contribution < 1.29 is 23.5 Å². The molecule has 0 aliphatic carbocycles. The average molecular weight is 491 g/mol. The van der Waals surface area contributed by atoms with Gasteiger partial charge in [-0.15, -0.1) is 0 Å². The Morgan fingerprint density at radius 2 is 1.81 bits per heavy atom. The molecule has 2 aromatic heterocycles. The van der Waals surface area contributed by atoms with Gasteiger partial charge in [0.2, 0.25) is 5.91 Å². The zero-order valence-electron chi connectivity index (χ0n) is 20.8. The predicted octanol–water partition coefficient (Wildman–Crippen LogP) is 3.48. The number of rotatable bonds is 10. The summed E-state index contributed by atoms with van der Waals surface area (Å²) < 4.78 is 12.4. The van der Waals surface area contributed by atoms with Gasteiger partial charge in [0.25, 0.3) is 5.91 Å². The van der Waals surface area contributed by atoms with Crippen LogP contribution in [-0.2, 0) is 32.1 Å². The van der Waals surface area contributed by atoms with Crippen molar-refractivity contribution in [3.63, 3.8) is 0 Å². The molecule has 0 saturated heterocycles. The van der Waals surface area contributed by atoms with Crippen LogP contribution in [0.25, 0.3) is 0 Å². The number of furan rings is 1. The lowest BCUT2D eigenvalue weighted by Crippen LogP contribution is -2.46. The maximum atomic E-state index is 12.7. The molecule has 9 nitrogen and oxygen atoms in total. The van der Waals surface area contributed by atoms with Gasteiger partial charge in [0.1, 0.15) is 23.7 Å². The fraction of sp³-hybridized carbons (Fsp3) is 0.333. The Kier molecular flexibility index (Phi) is 8.68. The summed E-state index contributed by atoms with van der Waals surface area (Å²) in [5, 5.41) is 15.0. The number of anilines is 1. The van der Waals surface area contributed by atoms with E-state index < -0.39 is 24.5 Å². The molecule has 0 unspecified atom stereocenters. The number of aromatic nitrogens is 1. The van der Waals surface area contributed by atoms with Crippen LogP contribution in [0.5, 0.6) is 0 Å². The first-order chi connectivity index (χ1) is 17.2. The van der Waals surface area contributed by atoms with Gasteiger partial charge in [0.05, 0.1) is 24.8 Å². The van der Waals surface area contributed by atoms with Gasteiger partial charge in [-0.05, 0) is 43.0 Å². The van der Waals surface area contributed by atoms with E-state index in [0.717, 1.165) is 16.8 Å². The monoisotopic (exact) mass is 490 g/mol. The van der Waals surface area contributed by atoms with Crippen LogP contribution in [0.1, 0.15) is 42.0 Å². The van der Waals surface area contributed by atoms with Gasteiger partial charge in [0, 0.05) is 5.69 Å². The smallest absolute Gasteiger partial charge is 0.329 e. The molecule has 0 spiro atoms. The lowest BCUT2D eigenvalue weighted by Gasteiger charge is -2.21. The van der Waals surface area contributed by atoms with Crippen molar-refractivity contribution in [2.45, 2.75) is 46.7 Å². The second-order valence-electron chi connectivity index (χ2n) is 8.82. The standard InChI is InChI=1S/C27H30N4O5/c1-17(2)25(29-23(32)13-20-9-6-5-7-10-20)27(34)36-16-24(33)30-26-22(14-28)18(3)19(4)31(26)15-21-11-8-12-35-21/h5-12,17,25H,13,15-16H2,1-4H3,(H,29,32)(H,30,33)/t25-/m0/s1. The number of nitriles is 1. The van der Waals surface area contributed by atoms with E-state index in [1.54, 1.807) is 43.7 Å². The van der Waals surface area contributed by atoms with Crippen LogP contribution in [0.4, 0.5) is 5.82 Å². The Labute approximate surface area is 210 Å². The Balaban J connectivity index is 1.64. The van der Waals surface area contributed by atoms with Gasteiger partial charge >= 0.3 is 5.97 Å². The van der Waals surface area contributed by atoms with Gasteiger partial charge < -0.3 is 24.4 Å². The molecule has 188 valence electrons. The first-order valence-electron chi connectivity index (χ1n) is 11.6. The van der Waals surface area contributed by atoms with E-state index in [1.807, 2.05) is 37.3 Å². The molecule has 0 aliphatic heterocycles. The number of nitrogens with zero attached hydrogens (tertiary/aromatic N) is 2. The third-order valence-electron chi connectivity index (χ3n) is 5.88. The molecule has 2 heterocycles. The topological polar surface area (TPSA) is 126 Å². The highest BCUT2D eigenvalue weighted by atomic mass is 16.5. The number of carbonyl (C=O) groups is 3. The molecular formula is C27H30N4O5. The van der Waals surface area contributed by atoms with Crippen molar-refractivity contribution in [1.82, 2.24) is 9.88 Å². The highest BCUT2D eigenvalue weighted by Gasteiger charge is 2.27. The second kappa shape index (κ2) is 11.9. The van der Waals surface area contributed by atoms with E-state index in [0.29, 0.717) is 23.7 Å².